The van der Waals surface area contributed by atoms with Gasteiger partial charge < -0.3 is 14.8 Å². The van der Waals surface area contributed by atoms with Crippen molar-refractivity contribution in [3.8, 4) is 11.5 Å². The van der Waals surface area contributed by atoms with E-state index in [1.807, 2.05) is 0 Å². The van der Waals surface area contributed by atoms with E-state index < -0.39 is 0 Å². The second-order valence-electron chi connectivity index (χ2n) is 7.71. The first-order chi connectivity index (χ1) is 12.1. The summed E-state index contributed by atoms with van der Waals surface area (Å²) in [6, 6.07) is 13.8. The van der Waals surface area contributed by atoms with Crippen LogP contribution in [0.2, 0.25) is 0 Å². The van der Waals surface area contributed by atoms with E-state index >= 15 is 0 Å². The zero-order valence-corrected chi connectivity index (χ0v) is 15.3. The van der Waals surface area contributed by atoms with Crippen LogP contribution in [-0.2, 0) is 12.8 Å². The molecular formula is C22H27NO2. The van der Waals surface area contributed by atoms with Gasteiger partial charge in [-0.15, -0.1) is 0 Å². The van der Waals surface area contributed by atoms with E-state index in [9.17, 15) is 0 Å². The summed E-state index contributed by atoms with van der Waals surface area (Å²) in [5, 5.41) is 3.72. The van der Waals surface area contributed by atoms with Gasteiger partial charge in [-0.1, -0.05) is 45.0 Å². The fourth-order valence-electron chi connectivity index (χ4n) is 4.05. The first kappa shape index (κ1) is 16.5. The highest BCUT2D eigenvalue weighted by atomic mass is 16.7. The third kappa shape index (κ3) is 3.25. The van der Waals surface area contributed by atoms with Crippen LogP contribution in [0.5, 0.6) is 11.5 Å². The topological polar surface area (TPSA) is 30.5 Å². The highest BCUT2D eigenvalue weighted by Gasteiger charge is 2.29. The fraction of sp³-hybridized carbons (Fsp3) is 0.455. The Labute approximate surface area is 150 Å². The minimum Gasteiger partial charge on any atom is -0.454 e. The highest BCUT2D eigenvalue weighted by molar-refractivity contribution is 5.51. The van der Waals surface area contributed by atoms with Gasteiger partial charge in [-0.05, 0) is 59.7 Å². The third-order valence-corrected chi connectivity index (χ3v) is 5.38. The molecule has 0 bridgehead atoms. The smallest absolute Gasteiger partial charge is 0.231 e. The molecule has 0 aliphatic carbocycles. The van der Waals surface area contributed by atoms with E-state index in [4.69, 9.17) is 9.47 Å². The van der Waals surface area contributed by atoms with Gasteiger partial charge in [0.05, 0.1) is 0 Å². The molecule has 0 amide bonds. The maximum Gasteiger partial charge on any atom is 0.231 e. The number of rotatable bonds is 4. The molecule has 2 aliphatic heterocycles. The van der Waals surface area contributed by atoms with E-state index in [-0.39, 0.29) is 0 Å². The molecule has 1 N–H and O–H groups in total. The quantitative estimate of drug-likeness (QED) is 0.884. The van der Waals surface area contributed by atoms with Gasteiger partial charge in [0.25, 0.3) is 0 Å². The third-order valence-electron chi connectivity index (χ3n) is 5.38. The average Bonchev–Trinajstić information content (AvgIpc) is 3.06. The summed E-state index contributed by atoms with van der Waals surface area (Å²) in [6.45, 7) is 8.19. The SMILES string of the molecule is CC(C)Cc1ccc(C(C)C2NCCc3cc4c(cc32)OCO4)cc1. The Morgan fingerprint density at radius 1 is 1.04 bits per heavy atom. The van der Waals surface area contributed by atoms with Crippen molar-refractivity contribution < 1.29 is 9.47 Å². The molecule has 0 radical (unpaired) electrons. The van der Waals surface area contributed by atoms with Crippen LogP contribution in [0.4, 0.5) is 0 Å². The first-order valence-electron chi connectivity index (χ1n) is 9.36. The van der Waals surface area contributed by atoms with Gasteiger partial charge in [-0.25, -0.2) is 0 Å². The predicted octanol–water partition coefficient (Wildman–Crippen LogP) is 4.60. The van der Waals surface area contributed by atoms with Crippen LogP contribution in [0.1, 0.15) is 55.0 Å². The molecule has 0 aromatic heterocycles. The summed E-state index contributed by atoms with van der Waals surface area (Å²) in [5.74, 6) is 2.88. The van der Waals surface area contributed by atoms with Crippen LogP contribution in [0.15, 0.2) is 36.4 Å². The zero-order chi connectivity index (χ0) is 17.4. The molecule has 2 unspecified atom stereocenters. The molecule has 4 rings (SSSR count). The highest BCUT2D eigenvalue weighted by Crippen LogP contribution is 2.42. The monoisotopic (exact) mass is 337 g/mol. The lowest BCUT2D eigenvalue weighted by Gasteiger charge is -2.32. The van der Waals surface area contributed by atoms with Gasteiger partial charge >= 0.3 is 0 Å². The molecule has 0 fully saturated rings. The number of benzene rings is 2. The summed E-state index contributed by atoms with van der Waals surface area (Å²) >= 11 is 0. The largest absolute Gasteiger partial charge is 0.454 e. The number of ether oxygens (including phenoxy) is 2. The maximum absolute atomic E-state index is 5.60. The van der Waals surface area contributed by atoms with Gasteiger partial charge in [0.15, 0.2) is 11.5 Å². The van der Waals surface area contributed by atoms with E-state index in [2.05, 4.69) is 62.5 Å². The summed E-state index contributed by atoms with van der Waals surface area (Å²) in [5.41, 5.74) is 5.55. The Balaban J connectivity index is 1.60. The van der Waals surface area contributed by atoms with Crippen LogP contribution >= 0.6 is 0 Å². The second kappa shape index (κ2) is 6.72. The second-order valence-corrected chi connectivity index (χ2v) is 7.71. The van der Waals surface area contributed by atoms with Gasteiger partial charge in [0.1, 0.15) is 0 Å². The minimum absolute atomic E-state index is 0.314. The van der Waals surface area contributed by atoms with Gasteiger partial charge in [0, 0.05) is 12.0 Å². The van der Waals surface area contributed by atoms with Crippen molar-refractivity contribution in [1.29, 1.82) is 0 Å². The Bertz CT molecular complexity index is 751. The molecule has 25 heavy (non-hydrogen) atoms. The van der Waals surface area contributed by atoms with Crippen molar-refractivity contribution in [1.82, 2.24) is 5.32 Å². The summed E-state index contributed by atoms with van der Waals surface area (Å²) in [6.07, 6.45) is 2.19. The number of fused-ring (bicyclic) bond motifs is 2. The Morgan fingerprint density at radius 3 is 2.48 bits per heavy atom. The number of hydrogen-bond donors (Lipinski definition) is 1. The van der Waals surface area contributed by atoms with Crippen molar-refractivity contribution in [2.24, 2.45) is 5.92 Å². The first-order valence-corrected chi connectivity index (χ1v) is 9.36. The molecule has 0 spiro atoms. The van der Waals surface area contributed by atoms with Crippen LogP contribution < -0.4 is 14.8 Å². The molecule has 2 aliphatic rings. The van der Waals surface area contributed by atoms with Crippen molar-refractivity contribution in [3.63, 3.8) is 0 Å². The molecule has 0 saturated heterocycles. The minimum atomic E-state index is 0.314. The summed E-state index contributed by atoms with van der Waals surface area (Å²) in [7, 11) is 0. The van der Waals surface area contributed by atoms with Crippen molar-refractivity contribution >= 4 is 0 Å². The normalized spacial score (nSPS) is 19.8. The summed E-state index contributed by atoms with van der Waals surface area (Å²) < 4.78 is 11.1. The molecular weight excluding hydrogens is 310 g/mol. The Kier molecular flexibility index (Phi) is 4.43. The number of hydrogen-bond acceptors (Lipinski definition) is 3. The lowest BCUT2D eigenvalue weighted by molar-refractivity contribution is 0.174. The van der Waals surface area contributed by atoms with E-state index in [0.717, 1.165) is 30.9 Å². The van der Waals surface area contributed by atoms with E-state index in [1.165, 1.54) is 22.3 Å². The zero-order valence-electron chi connectivity index (χ0n) is 15.3. The Morgan fingerprint density at radius 2 is 1.76 bits per heavy atom. The molecule has 2 aromatic carbocycles. The lowest BCUT2D eigenvalue weighted by atomic mass is 9.83. The molecule has 0 saturated carbocycles. The fourth-order valence-corrected chi connectivity index (χ4v) is 4.05. The molecule has 132 valence electrons. The van der Waals surface area contributed by atoms with Gasteiger partial charge in [-0.3, -0.25) is 0 Å². The van der Waals surface area contributed by atoms with Crippen molar-refractivity contribution in [2.45, 2.75) is 45.6 Å². The van der Waals surface area contributed by atoms with Gasteiger partial charge in [0.2, 0.25) is 6.79 Å². The van der Waals surface area contributed by atoms with Crippen LogP contribution in [0.25, 0.3) is 0 Å². The standard InChI is InChI=1S/C22H27NO2/c1-14(2)10-16-4-6-17(7-5-16)15(3)22-19-12-21-20(24-13-25-21)11-18(19)8-9-23-22/h4-7,11-12,14-15,22-23H,8-10,13H2,1-3H3. The van der Waals surface area contributed by atoms with Crippen molar-refractivity contribution in [2.75, 3.05) is 13.3 Å². The van der Waals surface area contributed by atoms with Crippen LogP contribution in [-0.4, -0.2) is 13.3 Å². The molecule has 2 heterocycles. The summed E-state index contributed by atoms with van der Waals surface area (Å²) in [4.78, 5) is 0. The van der Waals surface area contributed by atoms with E-state index in [1.54, 1.807) is 0 Å². The van der Waals surface area contributed by atoms with E-state index in [0.29, 0.717) is 24.7 Å². The maximum atomic E-state index is 5.60. The van der Waals surface area contributed by atoms with Crippen LogP contribution in [0, 0.1) is 5.92 Å². The predicted molar refractivity (Wildman–Crippen MR) is 100 cm³/mol. The lowest BCUT2D eigenvalue weighted by Crippen LogP contribution is -2.33. The van der Waals surface area contributed by atoms with Crippen molar-refractivity contribution in [3.05, 3.63) is 58.7 Å². The molecule has 2 atom stereocenters. The average molecular weight is 337 g/mol. The van der Waals surface area contributed by atoms with Crippen LogP contribution in [0.3, 0.4) is 0 Å². The van der Waals surface area contributed by atoms with Gasteiger partial charge in [-0.2, -0.15) is 0 Å². The molecule has 3 heteroatoms. The Hall–Kier alpha value is -2.00. The molecule has 3 nitrogen and oxygen atoms in total. The molecule has 2 aromatic rings. The number of nitrogens with one attached hydrogen (secondary N) is 1.